The Hall–Kier alpha value is 0.856. The van der Waals surface area contributed by atoms with Crippen LogP contribution in [0.15, 0.2) is 30.3 Å². The van der Waals surface area contributed by atoms with Gasteiger partial charge in [-0.2, -0.15) is 0 Å². The van der Waals surface area contributed by atoms with E-state index < -0.39 is 0 Å². The van der Waals surface area contributed by atoms with E-state index in [1.165, 1.54) is 96.3 Å². The maximum absolute atomic E-state index is 2.35. The fourth-order valence-electron chi connectivity index (χ4n) is 3.72. The summed E-state index contributed by atoms with van der Waals surface area (Å²) in [5, 5.41) is 0. The zero-order chi connectivity index (χ0) is 17.3. The Labute approximate surface area is 202 Å². The molecule has 1 heteroatoms. The Kier molecular flexibility index (Phi) is 20.3. The van der Waals surface area contributed by atoms with E-state index in [1.807, 2.05) is 0 Å². The van der Waals surface area contributed by atoms with E-state index in [9.17, 15) is 0 Å². The monoisotopic (exact) mass is 370 g/mol. The predicted octanol–water partition coefficient (Wildman–Crippen LogP) is 5.78. The molecule has 0 bridgehead atoms. The molecule has 140 valence electrons. The zero-order valence-corrected chi connectivity index (χ0v) is 20.7. The third-order valence-electron chi connectivity index (χ3n) is 5.33. The molecular formula is C24H43K. The van der Waals surface area contributed by atoms with Crippen LogP contribution in [0.4, 0.5) is 0 Å². The molecule has 1 unspecified atom stereocenters. The van der Waals surface area contributed by atoms with E-state index in [4.69, 9.17) is 0 Å². The van der Waals surface area contributed by atoms with Gasteiger partial charge in [-0.3, -0.25) is 0 Å². The van der Waals surface area contributed by atoms with Crippen LogP contribution in [0.1, 0.15) is 123 Å². The molecule has 0 aliphatic carbocycles. The standard InChI is InChI=1S/C24H42.K.H/c1-3-5-7-9-11-13-16-20-23(24-21-17-14-18-22-24)19-15-12-10-8-6-4-2;;/h14,17-18,21-23H,3-13,15-16,19-20H2,1-2H3;;/q;+1;-1. The summed E-state index contributed by atoms with van der Waals surface area (Å²) in [6, 6.07) is 11.3. The van der Waals surface area contributed by atoms with Gasteiger partial charge in [0.25, 0.3) is 0 Å². The predicted molar refractivity (Wildman–Crippen MR) is 111 cm³/mol. The van der Waals surface area contributed by atoms with Gasteiger partial charge in [-0.25, -0.2) is 0 Å². The Balaban J connectivity index is 0. The van der Waals surface area contributed by atoms with Crippen molar-refractivity contribution in [1.82, 2.24) is 0 Å². The number of hydrogen-bond donors (Lipinski definition) is 0. The molecular weight excluding hydrogens is 327 g/mol. The second-order valence-electron chi connectivity index (χ2n) is 7.57. The van der Waals surface area contributed by atoms with Gasteiger partial charge in [0.05, 0.1) is 0 Å². The summed E-state index contributed by atoms with van der Waals surface area (Å²) < 4.78 is 0. The fraction of sp³-hybridized carbons (Fsp3) is 0.750. The van der Waals surface area contributed by atoms with Gasteiger partial charge in [0, 0.05) is 0 Å². The van der Waals surface area contributed by atoms with E-state index in [-0.39, 0.29) is 52.8 Å². The smallest absolute Gasteiger partial charge is 1.00 e. The minimum absolute atomic E-state index is 0. The van der Waals surface area contributed by atoms with Crippen molar-refractivity contribution in [1.29, 1.82) is 0 Å². The Morgan fingerprint density at radius 2 is 1.00 bits per heavy atom. The molecule has 1 rings (SSSR count). The Morgan fingerprint density at radius 1 is 0.600 bits per heavy atom. The molecule has 0 spiro atoms. The third-order valence-corrected chi connectivity index (χ3v) is 5.33. The minimum Gasteiger partial charge on any atom is -1.00 e. The van der Waals surface area contributed by atoms with Gasteiger partial charge in [0.1, 0.15) is 0 Å². The molecule has 0 saturated carbocycles. The van der Waals surface area contributed by atoms with Gasteiger partial charge in [-0.1, -0.05) is 128 Å². The van der Waals surface area contributed by atoms with E-state index in [0.717, 1.165) is 5.92 Å². The maximum Gasteiger partial charge on any atom is 1.00 e. The van der Waals surface area contributed by atoms with Crippen LogP contribution >= 0.6 is 0 Å². The van der Waals surface area contributed by atoms with Gasteiger partial charge in [-0.15, -0.1) is 0 Å². The summed E-state index contributed by atoms with van der Waals surface area (Å²) in [4.78, 5) is 0. The molecule has 1 aromatic carbocycles. The molecule has 0 aromatic heterocycles. The van der Waals surface area contributed by atoms with Crippen LogP contribution in [0, 0.1) is 0 Å². The van der Waals surface area contributed by atoms with Crippen LogP contribution in [0.3, 0.4) is 0 Å². The molecule has 0 aliphatic heterocycles. The summed E-state index contributed by atoms with van der Waals surface area (Å²) in [7, 11) is 0. The average molecular weight is 371 g/mol. The molecule has 0 saturated heterocycles. The average Bonchev–Trinajstić information content (AvgIpc) is 2.62. The summed E-state index contributed by atoms with van der Waals surface area (Å²) in [6.07, 6.45) is 21.2. The summed E-state index contributed by atoms with van der Waals surface area (Å²) in [5.74, 6) is 0.799. The summed E-state index contributed by atoms with van der Waals surface area (Å²) in [6.45, 7) is 4.60. The van der Waals surface area contributed by atoms with E-state index in [0.29, 0.717) is 0 Å². The van der Waals surface area contributed by atoms with Crippen LogP contribution in [-0.4, -0.2) is 0 Å². The van der Waals surface area contributed by atoms with Gasteiger partial charge in [0.2, 0.25) is 0 Å². The van der Waals surface area contributed by atoms with Gasteiger partial charge < -0.3 is 1.43 Å². The number of hydrogen-bond acceptors (Lipinski definition) is 0. The summed E-state index contributed by atoms with van der Waals surface area (Å²) >= 11 is 0. The number of unbranched alkanes of at least 4 members (excludes halogenated alkanes) is 11. The van der Waals surface area contributed by atoms with Crippen LogP contribution in [-0.2, 0) is 0 Å². The van der Waals surface area contributed by atoms with Crippen molar-refractivity contribution in [2.45, 2.75) is 116 Å². The third kappa shape index (κ3) is 14.6. The molecule has 0 nitrogen and oxygen atoms in total. The second-order valence-corrected chi connectivity index (χ2v) is 7.57. The fourth-order valence-corrected chi connectivity index (χ4v) is 3.72. The number of benzene rings is 1. The molecule has 1 atom stereocenters. The molecule has 1 aromatic rings. The first-order valence-corrected chi connectivity index (χ1v) is 10.9. The Bertz CT molecular complexity index is 366. The molecule has 0 amide bonds. The van der Waals surface area contributed by atoms with Crippen molar-refractivity contribution < 1.29 is 52.8 Å². The van der Waals surface area contributed by atoms with Crippen LogP contribution in [0.5, 0.6) is 0 Å². The first kappa shape index (κ1) is 25.9. The van der Waals surface area contributed by atoms with Crippen LogP contribution in [0.25, 0.3) is 0 Å². The normalized spacial score (nSPS) is 11.9. The minimum atomic E-state index is 0. The van der Waals surface area contributed by atoms with Gasteiger partial charge in [-0.05, 0) is 24.3 Å². The van der Waals surface area contributed by atoms with Crippen molar-refractivity contribution in [2.24, 2.45) is 0 Å². The van der Waals surface area contributed by atoms with Crippen LogP contribution < -0.4 is 51.4 Å². The quantitative estimate of drug-likeness (QED) is 0.256. The second kappa shape index (κ2) is 19.6. The molecule has 0 radical (unpaired) electrons. The first-order valence-electron chi connectivity index (χ1n) is 10.9. The van der Waals surface area contributed by atoms with Crippen LogP contribution in [0.2, 0.25) is 0 Å². The zero-order valence-electron chi connectivity index (χ0n) is 18.6. The summed E-state index contributed by atoms with van der Waals surface area (Å²) in [5.41, 5.74) is 1.58. The SMILES string of the molecule is CCCCCCCCCC(CCCCCCCC)c1ccccc1.[H-].[K+]. The molecule has 25 heavy (non-hydrogen) atoms. The van der Waals surface area contributed by atoms with Crippen molar-refractivity contribution in [3.8, 4) is 0 Å². The van der Waals surface area contributed by atoms with Gasteiger partial charge in [0.15, 0.2) is 0 Å². The molecule has 0 N–H and O–H groups in total. The number of rotatable bonds is 16. The van der Waals surface area contributed by atoms with E-state index in [1.54, 1.807) is 5.56 Å². The largest absolute Gasteiger partial charge is 1.00 e. The van der Waals surface area contributed by atoms with E-state index >= 15 is 0 Å². The van der Waals surface area contributed by atoms with Crippen molar-refractivity contribution in [3.63, 3.8) is 0 Å². The Morgan fingerprint density at radius 3 is 1.44 bits per heavy atom. The van der Waals surface area contributed by atoms with Crippen molar-refractivity contribution in [3.05, 3.63) is 35.9 Å². The van der Waals surface area contributed by atoms with Gasteiger partial charge >= 0.3 is 51.4 Å². The molecule has 0 fully saturated rings. The molecule has 0 heterocycles. The first-order chi connectivity index (χ1) is 11.9. The van der Waals surface area contributed by atoms with Crippen molar-refractivity contribution in [2.75, 3.05) is 0 Å². The van der Waals surface area contributed by atoms with Crippen molar-refractivity contribution >= 4 is 0 Å². The van der Waals surface area contributed by atoms with E-state index in [2.05, 4.69) is 44.2 Å². The molecule has 0 aliphatic rings. The maximum atomic E-state index is 2.35. The topological polar surface area (TPSA) is 0 Å².